The lowest BCUT2D eigenvalue weighted by molar-refractivity contribution is -0.131. The molecule has 1 amide bonds. The van der Waals surface area contributed by atoms with Gasteiger partial charge in [-0.15, -0.1) is 0 Å². The van der Waals surface area contributed by atoms with Crippen molar-refractivity contribution in [3.05, 3.63) is 35.4 Å². The summed E-state index contributed by atoms with van der Waals surface area (Å²) in [5.74, 6) is 2.20. The Kier molecular flexibility index (Phi) is 4.99. The van der Waals surface area contributed by atoms with E-state index in [0.717, 1.165) is 31.0 Å². The van der Waals surface area contributed by atoms with Crippen LogP contribution in [-0.2, 0) is 16.8 Å². The first kappa shape index (κ1) is 18.7. The van der Waals surface area contributed by atoms with E-state index >= 15 is 0 Å². The van der Waals surface area contributed by atoms with E-state index < -0.39 is 0 Å². The zero-order chi connectivity index (χ0) is 19.1. The first-order valence-corrected chi connectivity index (χ1v) is 11.7. The number of amides is 1. The first-order valence-electron chi connectivity index (χ1n) is 11.7. The average molecular weight is 381 g/mol. The molecule has 2 bridgehead atoms. The molecule has 3 fully saturated rings. The van der Waals surface area contributed by atoms with Crippen molar-refractivity contribution in [3.63, 3.8) is 0 Å². The molecule has 0 N–H and O–H groups in total. The van der Waals surface area contributed by atoms with Crippen LogP contribution in [0, 0.1) is 11.8 Å². The highest BCUT2D eigenvalue weighted by Gasteiger charge is 2.45. The van der Waals surface area contributed by atoms with Gasteiger partial charge in [-0.1, -0.05) is 43.5 Å². The Balaban J connectivity index is 1.34. The maximum absolute atomic E-state index is 12.2. The summed E-state index contributed by atoms with van der Waals surface area (Å²) in [6.45, 7) is 5.88. The van der Waals surface area contributed by atoms with E-state index in [1.807, 2.05) is 0 Å². The number of piperidine rings is 1. The summed E-state index contributed by atoms with van der Waals surface area (Å²) < 4.78 is 0. The molecule has 4 aliphatic rings. The van der Waals surface area contributed by atoms with Gasteiger partial charge in [-0.25, -0.2) is 0 Å². The van der Waals surface area contributed by atoms with Crippen LogP contribution >= 0.6 is 0 Å². The fourth-order valence-electron chi connectivity index (χ4n) is 7.06. The zero-order valence-corrected chi connectivity index (χ0v) is 17.5. The van der Waals surface area contributed by atoms with E-state index in [4.69, 9.17) is 0 Å². The van der Waals surface area contributed by atoms with Crippen LogP contribution in [0.2, 0.25) is 0 Å². The molecule has 3 nitrogen and oxygen atoms in total. The first-order chi connectivity index (χ1) is 13.6. The van der Waals surface area contributed by atoms with Gasteiger partial charge >= 0.3 is 0 Å². The molecular formula is C25H36N2O. The molecule has 1 aromatic rings. The Morgan fingerprint density at radius 1 is 1.04 bits per heavy atom. The number of hydrogen-bond acceptors (Lipinski definition) is 2. The molecule has 3 atom stereocenters. The Morgan fingerprint density at radius 2 is 1.82 bits per heavy atom. The van der Waals surface area contributed by atoms with Crippen LogP contribution in [0.1, 0.15) is 75.8 Å². The van der Waals surface area contributed by atoms with Crippen LogP contribution in [0.5, 0.6) is 0 Å². The fraction of sp³-hybridized carbons (Fsp3) is 0.720. The molecular weight excluding hydrogens is 344 g/mol. The SMILES string of the molecule is CC(=O)N1Cc2ccccc2C2(CCN([C@@H]3CCC4CCCCC3C4)CC2)C1. The van der Waals surface area contributed by atoms with Crippen molar-refractivity contribution < 1.29 is 4.79 Å². The van der Waals surface area contributed by atoms with Gasteiger partial charge in [0.15, 0.2) is 0 Å². The molecule has 1 spiro atoms. The smallest absolute Gasteiger partial charge is 0.219 e. The second kappa shape index (κ2) is 7.48. The van der Waals surface area contributed by atoms with Crippen LogP contribution < -0.4 is 0 Å². The number of hydrogen-bond donors (Lipinski definition) is 0. The third-order valence-electron chi connectivity index (χ3n) is 8.60. The van der Waals surface area contributed by atoms with Crippen molar-refractivity contribution in [3.8, 4) is 0 Å². The van der Waals surface area contributed by atoms with E-state index in [2.05, 4.69) is 34.1 Å². The number of carbonyl (C=O) groups excluding carboxylic acids is 1. The molecule has 1 saturated heterocycles. The molecule has 0 radical (unpaired) electrons. The largest absolute Gasteiger partial charge is 0.338 e. The predicted molar refractivity (Wildman–Crippen MR) is 113 cm³/mol. The zero-order valence-electron chi connectivity index (χ0n) is 17.5. The number of benzene rings is 1. The van der Waals surface area contributed by atoms with Gasteiger partial charge < -0.3 is 9.80 Å². The standard InChI is InChI=1S/C25H36N2O/c1-19(28)27-17-22-8-4-5-9-23(22)25(18-27)12-14-26(15-13-25)24-11-10-20-6-2-3-7-21(24)16-20/h4-5,8-9,20-21,24H,2-3,6-7,10-18H2,1H3/t20?,21?,24-/m1/s1. The summed E-state index contributed by atoms with van der Waals surface area (Å²) in [6.07, 6.45) is 12.7. The van der Waals surface area contributed by atoms with Gasteiger partial charge in [0.25, 0.3) is 0 Å². The minimum atomic E-state index is 0.178. The van der Waals surface area contributed by atoms with Gasteiger partial charge in [-0.05, 0) is 74.6 Å². The number of nitrogens with zero attached hydrogens (tertiary/aromatic N) is 2. The minimum absolute atomic E-state index is 0.178. The third kappa shape index (κ3) is 3.30. The molecule has 2 unspecified atom stereocenters. The van der Waals surface area contributed by atoms with Crippen LogP contribution in [0.15, 0.2) is 24.3 Å². The van der Waals surface area contributed by atoms with E-state index in [-0.39, 0.29) is 11.3 Å². The van der Waals surface area contributed by atoms with Gasteiger partial charge in [0.1, 0.15) is 0 Å². The van der Waals surface area contributed by atoms with Crippen LogP contribution in [0.25, 0.3) is 0 Å². The summed E-state index contributed by atoms with van der Waals surface area (Å²) in [5.41, 5.74) is 3.09. The summed E-state index contributed by atoms with van der Waals surface area (Å²) in [6, 6.07) is 9.75. The van der Waals surface area contributed by atoms with Crippen molar-refractivity contribution in [1.29, 1.82) is 0 Å². The van der Waals surface area contributed by atoms with Gasteiger partial charge in [0.2, 0.25) is 5.91 Å². The summed E-state index contributed by atoms with van der Waals surface area (Å²) in [5, 5.41) is 0. The van der Waals surface area contributed by atoms with Crippen molar-refractivity contribution in [2.75, 3.05) is 19.6 Å². The van der Waals surface area contributed by atoms with Crippen LogP contribution in [-0.4, -0.2) is 41.4 Å². The van der Waals surface area contributed by atoms with Crippen LogP contribution in [0.3, 0.4) is 0 Å². The normalized spacial score (nSPS) is 32.6. The van der Waals surface area contributed by atoms with Crippen molar-refractivity contribution in [1.82, 2.24) is 9.80 Å². The van der Waals surface area contributed by atoms with Gasteiger partial charge in [0, 0.05) is 31.5 Å². The monoisotopic (exact) mass is 380 g/mol. The Labute approximate surface area is 170 Å². The van der Waals surface area contributed by atoms with Crippen molar-refractivity contribution in [2.24, 2.45) is 11.8 Å². The second-order valence-electron chi connectivity index (χ2n) is 10.1. The Morgan fingerprint density at radius 3 is 2.64 bits per heavy atom. The predicted octanol–water partition coefficient (Wildman–Crippen LogP) is 4.74. The highest BCUT2D eigenvalue weighted by molar-refractivity contribution is 5.74. The maximum atomic E-state index is 12.2. The molecule has 2 heterocycles. The number of likely N-dealkylation sites (tertiary alicyclic amines) is 1. The molecule has 2 aliphatic carbocycles. The van der Waals surface area contributed by atoms with Crippen molar-refractivity contribution in [2.45, 2.75) is 82.7 Å². The lowest BCUT2D eigenvalue weighted by atomic mass is 9.68. The molecule has 2 aliphatic heterocycles. The van der Waals surface area contributed by atoms with Crippen LogP contribution in [0.4, 0.5) is 0 Å². The number of fused-ring (bicyclic) bond motifs is 4. The lowest BCUT2D eigenvalue weighted by Gasteiger charge is -2.51. The summed E-state index contributed by atoms with van der Waals surface area (Å²) >= 11 is 0. The highest BCUT2D eigenvalue weighted by Crippen LogP contribution is 2.45. The molecule has 3 heteroatoms. The second-order valence-corrected chi connectivity index (χ2v) is 10.1. The number of carbonyl (C=O) groups is 1. The van der Waals surface area contributed by atoms with Gasteiger partial charge in [-0.2, -0.15) is 0 Å². The number of rotatable bonds is 1. The third-order valence-corrected chi connectivity index (χ3v) is 8.60. The van der Waals surface area contributed by atoms with Gasteiger partial charge in [-0.3, -0.25) is 4.79 Å². The lowest BCUT2D eigenvalue weighted by Crippen LogP contribution is -2.55. The Bertz CT molecular complexity index is 721. The van der Waals surface area contributed by atoms with E-state index in [1.54, 1.807) is 6.92 Å². The van der Waals surface area contributed by atoms with E-state index in [1.165, 1.54) is 82.0 Å². The highest BCUT2D eigenvalue weighted by atomic mass is 16.2. The van der Waals surface area contributed by atoms with E-state index in [9.17, 15) is 4.79 Å². The fourth-order valence-corrected chi connectivity index (χ4v) is 7.06. The molecule has 28 heavy (non-hydrogen) atoms. The molecule has 1 aromatic carbocycles. The van der Waals surface area contributed by atoms with Gasteiger partial charge in [0.05, 0.1) is 0 Å². The van der Waals surface area contributed by atoms with E-state index in [0.29, 0.717) is 0 Å². The summed E-state index contributed by atoms with van der Waals surface area (Å²) in [4.78, 5) is 17.2. The molecule has 152 valence electrons. The molecule has 0 aromatic heterocycles. The quantitative estimate of drug-likeness (QED) is 0.702. The van der Waals surface area contributed by atoms with Crippen molar-refractivity contribution >= 4 is 5.91 Å². The average Bonchev–Trinajstić information content (AvgIpc) is 2.90. The topological polar surface area (TPSA) is 23.6 Å². The minimum Gasteiger partial charge on any atom is -0.338 e. The maximum Gasteiger partial charge on any atom is 0.219 e. The molecule has 5 rings (SSSR count). The molecule has 2 saturated carbocycles. The Hall–Kier alpha value is -1.35. The summed E-state index contributed by atoms with van der Waals surface area (Å²) in [7, 11) is 0.